The molecule has 0 bridgehead atoms. The number of nitrogens with zero attached hydrogens (tertiary/aromatic N) is 4. The molecule has 2 aromatic rings. The van der Waals surface area contributed by atoms with Crippen molar-refractivity contribution in [2.24, 2.45) is 7.05 Å². The van der Waals surface area contributed by atoms with Crippen LogP contribution >= 0.6 is 15.9 Å². The maximum atomic E-state index is 12.9. The maximum Gasteiger partial charge on any atom is 0.436 e. The van der Waals surface area contributed by atoms with E-state index >= 15 is 0 Å². The van der Waals surface area contributed by atoms with Crippen LogP contribution in [0.4, 0.5) is 18.9 Å². The lowest BCUT2D eigenvalue weighted by atomic mass is 10.3. The van der Waals surface area contributed by atoms with Crippen LogP contribution in [0.1, 0.15) is 30.0 Å². The summed E-state index contributed by atoms with van der Waals surface area (Å²) in [5, 5.41) is 10.2. The molecule has 2 rings (SSSR count). The highest BCUT2D eigenvalue weighted by molar-refractivity contribution is 9.10. The standard InChI is InChI=1S/C13H15BrF3N5O/c1-6-9(5-18-21(6)4)19-12(23)8(3)22-7(2)10(14)11(20-22)13(15,16)17/h5,8H,1-4H3,(H,19,23). The molecule has 0 saturated heterocycles. The molecule has 0 aliphatic carbocycles. The Labute approximate surface area is 138 Å². The van der Waals surface area contributed by atoms with Gasteiger partial charge in [-0.3, -0.25) is 14.2 Å². The van der Waals surface area contributed by atoms with Gasteiger partial charge in [-0.05, 0) is 36.7 Å². The third-order valence-corrected chi connectivity index (χ3v) is 4.53. The molecule has 2 aromatic heterocycles. The summed E-state index contributed by atoms with van der Waals surface area (Å²) in [6.07, 6.45) is -3.11. The predicted molar refractivity (Wildman–Crippen MR) is 81.0 cm³/mol. The van der Waals surface area contributed by atoms with E-state index in [9.17, 15) is 18.0 Å². The van der Waals surface area contributed by atoms with Gasteiger partial charge in [-0.1, -0.05) is 0 Å². The molecule has 0 aliphatic heterocycles. The van der Waals surface area contributed by atoms with Gasteiger partial charge in [0.05, 0.1) is 27.7 Å². The molecule has 1 unspecified atom stereocenters. The Morgan fingerprint density at radius 2 is 1.96 bits per heavy atom. The minimum atomic E-state index is -4.59. The summed E-state index contributed by atoms with van der Waals surface area (Å²) in [5.74, 6) is -0.479. The zero-order valence-electron chi connectivity index (χ0n) is 12.9. The molecule has 0 spiro atoms. The number of amides is 1. The summed E-state index contributed by atoms with van der Waals surface area (Å²) in [5.41, 5.74) is 0.416. The molecule has 2 heterocycles. The molecule has 23 heavy (non-hydrogen) atoms. The van der Waals surface area contributed by atoms with Crippen molar-refractivity contribution >= 4 is 27.5 Å². The van der Waals surface area contributed by atoms with Crippen LogP contribution in [0.3, 0.4) is 0 Å². The van der Waals surface area contributed by atoms with Gasteiger partial charge in [0.1, 0.15) is 6.04 Å². The fourth-order valence-corrected chi connectivity index (χ4v) is 2.51. The number of halogens is 4. The zero-order valence-corrected chi connectivity index (χ0v) is 14.4. The van der Waals surface area contributed by atoms with Crippen LogP contribution in [0.15, 0.2) is 10.7 Å². The second kappa shape index (κ2) is 5.99. The number of hydrogen-bond donors (Lipinski definition) is 1. The van der Waals surface area contributed by atoms with Gasteiger partial charge in [-0.15, -0.1) is 0 Å². The van der Waals surface area contributed by atoms with Crippen molar-refractivity contribution in [2.45, 2.75) is 33.0 Å². The van der Waals surface area contributed by atoms with Crippen molar-refractivity contribution in [1.82, 2.24) is 19.6 Å². The quantitative estimate of drug-likeness (QED) is 0.870. The molecule has 126 valence electrons. The summed E-state index contributed by atoms with van der Waals surface area (Å²) in [6.45, 7) is 4.71. The number of aromatic nitrogens is 4. The minimum Gasteiger partial charge on any atom is -0.321 e. The topological polar surface area (TPSA) is 64.7 Å². The number of carbonyl (C=O) groups excluding carboxylic acids is 1. The SMILES string of the molecule is Cc1c(NC(=O)C(C)n2nc(C(F)(F)F)c(Br)c2C)cnn1C. The van der Waals surface area contributed by atoms with E-state index in [0.29, 0.717) is 5.69 Å². The van der Waals surface area contributed by atoms with Crippen molar-refractivity contribution in [3.05, 3.63) is 27.8 Å². The Hall–Kier alpha value is -1.84. The second-order valence-electron chi connectivity index (χ2n) is 5.12. The lowest BCUT2D eigenvalue weighted by Gasteiger charge is -2.14. The molecule has 0 radical (unpaired) electrons. The molecule has 10 heteroatoms. The number of aryl methyl sites for hydroxylation is 1. The normalized spacial score (nSPS) is 13.2. The Morgan fingerprint density at radius 3 is 2.39 bits per heavy atom. The number of carbonyl (C=O) groups is 1. The van der Waals surface area contributed by atoms with Gasteiger partial charge in [0.15, 0.2) is 5.69 Å². The van der Waals surface area contributed by atoms with E-state index in [1.54, 1.807) is 18.7 Å². The smallest absolute Gasteiger partial charge is 0.321 e. The Balaban J connectivity index is 2.28. The third-order valence-electron chi connectivity index (χ3n) is 3.58. The van der Waals surface area contributed by atoms with Gasteiger partial charge in [-0.25, -0.2) is 0 Å². The monoisotopic (exact) mass is 393 g/mol. The van der Waals surface area contributed by atoms with Gasteiger partial charge >= 0.3 is 6.18 Å². The molecule has 1 atom stereocenters. The van der Waals surface area contributed by atoms with Crippen LogP contribution in [-0.4, -0.2) is 25.5 Å². The fourth-order valence-electron chi connectivity index (χ4n) is 2.03. The zero-order chi connectivity index (χ0) is 17.5. The highest BCUT2D eigenvalue weighted by atomic mass is 79.9. The van der Waals surface area contributed by atoms with Crippen LogP contribution in [0.5, 0.6) is 0 Å². The molecule has 1 N–H and O–H groups in total. The first-order chi connectivity index (χ1) is 10.5. The molecule has 0 aliphatic rings. The van der Waals surface area contributed by atoms with Gasteiger partial charge in [0.2, 0.25) is 5.91 Å². The van der Waals surface area contributed by atoms with E-state index in [1.165, 1.54) is 20.0 Å². The first-order valence-corrected chi connectivity index (χ1v) is 7.44. The second-order valence-corrected chi connectivity index (χ2v) is 5.92. The van der Waals surface area contributed by atoms with Crippen molar-refractivity contribution in [1.29, 1.82) is 0 Å². The first kappa shape index (κ1) is 17.5. The van der Waals surface area contributed by atoms with Gasteiger partial charge < -0.3 is 5.32 Å². The Bertz CT molecular complexity index is 750. The Kier molecular flexibility index (Phi) is 4.56. The van der Waals surface area contributed by atoms with Crippen molar-refractivity contribution in [3.8, 4) is 0 Å². The third kappa shape index (κ3) is 3.26. The molecule has 6 nitrogen and oxygen atoms in total. The molecule has 0 fully saturated rings. The number of hydrogen-bond acceptors (Lipinski definition) is 3. The van der Waals surface area contributed by atoms with Crippen molar-refractivity contribution in [2.75, 3.05) is 5.32 Å². The van der Waals surface area contributed by atoms with Crippen LogP contribution in [0.25, 0.3) is 0 Å². The average Bonchev–Trinajstić information content (AvgIpc) is 2.93. The largest absolute Gasteiger partial charge is 0.436 e. The number of anilines is 1. The molecule has 0 saturated carbocycles. The highest BCUT2D eigenvalue weighted by Gasteiger charge is 2.39. The van der Waals surface area contributed by atoms with Gasteiger partial charge in [0, 0.05) is 7.05 Å². The summed E-state index contributed by atoms with van der Waals surface area (Å²) in [7, 11) is 1.72. The van der Waals surface area contributed by atoms with E-state index in [2.05, 4.69) is 31.4 Å². The van der Waals surface area contributed by atoms with Crippen LogP contribution in [-0.2, 0) is 18.0 Å². The van der Waals surface area contributed by atoms with Crippen LogP contribution in [0, 0.1) is 13.8 Å². The lowest BCUT2D eigenvalue weighted by Crippen LogP contribution is -2.25. The highest BCUT2D eigenvalue weighted by Crippen LogP contribution is 2.36. The lowest BCUT2D eigenvalue weighted by molar-refractivity contribution is -0.142. The number of rotatable bonds is 3. The molecule has 1 amide bonds. The van der Waals surface area contributed by atoms with E-state index in [-0.39, 0.29) is 10.2 Å². The first-order valence-electron chi connectivity index (χ1n) is 6.65. The van der Waals surface area contributed by atoms with E-state index in [0.717, 1.165) is 10.4 Å². The van der Waals surface area contributed by atoms with Crippen molar-refractivity contribution in [3.63, 3.8) is 0 Å². The molecular formula is C13H15BrF3N5O. The van der Waals surface area contributed by atoms with E-state index in [4.69, 9.17) is 0 Å². The maximum absolute atomic E-state index is 12.9. The molecular weight excluding hydrogens is 379 g/mol. The summed E-state index contributed by atoms with van der Waals surface area (Å²) in [4.78, 5) is 12.3. The fraction of sp³-hybridized carbons (Fsp3) is 0.462. The minimum absolute atomic E-state index is 0.165. The summed E-state index contributed by atoms with van der Waals surface area (Å²) < 4.78 is 41.1. The van der Waals surface area contributed by atoms with E-state index < -0.39 is 23.8 Å². The number of nitrogens with one attached hydrogen (secondary N) is 1. The predicted octanol–water partition coefficient (Wildman–Crippen LogP) is 3.21. The van der Waals surface area contributed by atoms with Gasteiger partial charge in [0.25, 0.3) is 0 Å². The van der Waals surface area contributed by atoms with Crippen LogP contribution < -0.4 is 5.32 Å². The van der Waals surface area contributed by atoms with Gasteiger partial charge in [-0.2, -0.15) is 23.4 Å². The summed E-state index contributed by atoms with van der Waals surface area (Å²) in [6, 6.07) is -0.915. The average molecular weight is 394 g/mol. The molecule has 0 aromatic carbocycles. The number of alkyl halides is 3. The summed E-state index contributed by atoms with van der Waals surface area (Å²) >= 11 is 2.89. The Morgan fingerprint density at radius 1 is 1.35 bits per heavy atom. The van der Waals surface area contributed by atoms with E-state index in [1.807, 2.05) is 0 Å². The van der Waals surface area contributed by atoms with Crippen molar-refractivity contribution < 1.29 is 18.0 Å². The van der Waals surface area contributed by atoms with Crippen LogP contribution in [0.2, 0.25) is 0 Å².